The molecule has 0 spiro atoms. The fourth-order valence-corrected chi connectivity index (χ4v) is 1.34. The molecule has 0 saturated carbocycles. The topological polar surface area (TPSA) is 50.1 Å². The van der Waals surface area contributed by atoms with E-state index < -0.39 is 0 Å². The van der Waals surface area contributed by atoms with Gasteiger partial charge in [-0.25, -0.2) is 0 Å². The number of nitrogens with zero attached hydrogens (tertiary/aromatic N) is 1. The van der Waals surface area contributed by atoms with E-state index >= 15 is 0 Å². The van der Waals surface area contributed by atoms with Crippen molar-refractivity contribution in [3.05, 3.63) is 29.3 Å². The van der Waals surface area contributed by atoms with E-state index in [2.05, 4.69) is 15.9 Å². The fraction of sp³-hybridized carbons (Fsp3) is 0.200. The molecule has 1 aromatic carbocycles. The minimum Gasteiger partial charge on any atom is -0.495 e. The molecule has 0 N–H and O–H groups in total. The molecule has 0 radical (unpaired) electrons. The molecular formula is C10H8BrNO2. The van der Waals surface area contributed by atoms with Crippen molar-refractivity contribution in [1.29, 1.82) is 5.26 Å². The minimum absolute atomic E-state index is 0.357. The predicted octanol–water partition coefficient (Wildman–Crippen LogP) is 2.20. The molecule has 4 heteroatoms. The molecule has 14 heavy (non-hydrogen) atoms. The number of carbonyl (C=O) groups is 1. The minimum atomic E-state index is -0.357. The second kappa shape index (κ2) is 4.77. The largest absolute Gasteiger partial charge is 0.495 e. The third kappa shape index (κ3) is 2.12. The molecule has 0 saturated heterocycles. The number of carbonyl (C=O) groups excluding carboxylic acids is 1. The van der Waals surface area contributed by atoms with Crippen molar-refractivity contribution < 1.29 is 9.53 Å². The first-order valence-corrected chi connectivity index (χ1v) is 4.82. The van der Waals surface area contributed by atoms with Crippen molar-refractivity contribution in [2.24, 2.45) is 0 Å². The number of aldehydes is 1. The zero-order chi connectivity index (χ0) is 10.6. The second-order valence-electron chi connectivity index (χ2n) is 2.61. The van der Waals surface area contributed by atoms with Crippen LogP contribution in [-0.2, 0) is 4.79 Å². The quantitative estimate of drug-likeness (QED) is 0.613. The number of hydrogen-bond donors (Lipinski definition) is 0. The number of hydrogen-bond acceptors (Lipinski definition) is 3. The van der Waals surface area contributed by atoms with Crippen LogP contribution in [0.2, 0.25) is 0 Å². The second-order valence-corrected chi connectivity index (χ2v) is 3.60. The standard InChI is InChI=1S/C10H8BrNO2/c1-14-10-4-7(9(11)6-13)2-3-8(10)5-12/h2-4,6,9H,1H3. The van der Waals surface area contributed by atoms with E-state index in [-0.39, 0.29) is 4.83 Å². The lowest BCUT2D eigenvalue weighted by Gasteiger charge is -2.06. The highest BCUT2D eigenvalue weighted by Crippen LogP contribution is 2.26. The lowest BCUT2D eigenvalue weighted by Crippen LogP contribution is -1.94. The summed E-state index contributed by atoms with van der Waals surface area (Å²) in [6.07, 6.45) is 0.779. The third-order valence-electron chi connectivity index (χ3n) is 1.78. The van der Waals surface area contributed by atoms with Crippen LogP contribution in [0.1, 0.15) is 16.0 Å². The first kappa shape index (κ1) is 10.7. The summed E-state index contributed by atoms with van der Waals surface area (Å²) in [5.74, 6) is 0.483. The highest BCUT2D eigenvalue weighted by Gasteiger charge is 2.09. The van der Waals surface area contributed by atoms with Crippen molar-refractivity contribution in [2.45, 2.75) is 4.83 Å². The molecule has 0 aliphatic heterocycles. The van der Waals surface area contributed by atoms with Gasteiger partial charge in [0, 0.05) is 0 Å². The molecular weight excluding hydrogens is 246 g/mol. The summed E-state index contributed by atoms with van der Waals surface area (Å²) in [6.45, 7) is 0. The molecule has 1 atom stereocenters. The summed E-state index contributed by atoms with van der Waals surface area (Å²) in [7, 11) is 1.49. The SMILES string of the molecule is COc1cc(C(Br)C=O)ccc1C#N. The lowest BCUT2D eigenvalue weighted by atomic mass is 10.1. The molecule has 0 bridgehead atoms. The van der Waals surface area contributed by atoms with E-state index in [0.29, 0.717) is 11.3 Å². The van der Waals surface area contributed by atoms with Crippen LogP contribution in [0.25, 0.3) is 0 Å². The smallest absolute Gasteiger partial charge is 0.138 e. The number of rotatable bonds is 3. The number of methoxy groups -OCH3 is 1. The van der Waals surface area contributed by atoms with Gasteiger partial charge < -0.3 is 9.53 Å². The summed E-state index contributed by atoms with van der Waals surface area (Å²) >= 11 is 3.19. The summed E-state index contributed by atoms with van der Waals surface area (Å²) in [5, 5.41) is 8.72. The Morgan fingerprint density at radius 2 is 2.36 bits per heavy atom. The van der Waals surface area contributed by atoms with Crippen LogP contribution >= 0.6 is 15.9 Å². The van der Waals surface area contributed by atoms with Gasteiger partial charge in [0.15, 0.2) is 0 Å². The van der Waals surface area contributed by atoms with Crippen molar-refractivity contribution in [2.75, 3.05) is 7.11 Å². The Labute approximate surface area is 90.4 Å². The average Bonchev–Trinajstić information content (AvgIpc) is 2.26. The van der Waals surface area contributed by atoms with Crippen LogP contribution < -0.4 is 4.74 Å². The molecule has 0 amide bonds. The summed E-state index contributed by atoms with van der Waals surface area (Å²) < 4.78 is 5.01. The van der Waals surface area contributed by atoms with Gasteiger partial charge in [0.1, 0.15) is 18.1 Å². The van der Waals surface area contributed by atoms with Crippen molar-refractivity contribution in [1.82, 2.24) is 0 Å². The molecule has 0 aliphatic carbocycles. The zero-order valence-electron chi connectivity index (χ0n) is 7.53. The van der Waals surface area contributed by atoms with E-state index in [1.807, 2.05) is 6.07 Å². The van der Waals surface area contributed by atoms with Gasteiger partial charge in [-0.2, -0.15) is 5.26 Å². The highest BCUT2D eigenvalue weighted by atomic mass is 79.9. The molecule has 0 fully saturated rings. The Hall–Kier alpha value is -1.34. The van der Waals surface area contributed by atoms with Gasteiger partial charge in [0.25, 0.3) is 0 Å². The van der Waals surface area contributed by atoms with Gasteiger partial charge in [-0.3, -0.25) is 0 Å². The van der Waals surface area contributed by atoms with E-state index in [4.69, 9.17) is 10.00 Å². The van der Waals surface area contributed by atoms with Crippen LogP contribution in [0.15, 0.2) is 18.2 Å². The van der Waals surface area contributed by atoms with Gasteiger partial charge in [-0.15, -0.1) is 0 Å². The Kier molecular flexibility index (Phi) is 3.66. The summed E-state index contributed by atoms with van der Waals surface area (Å²) in [5.41, 5.74) is 1.23. The Bertz CT molecular complexity index is 384. The lowest BCUT2D eigenvalue weighted by molar-refractivity contribution is -0.107. The summed E-state index contributed by atoms with van der Waals surface area (Å²) in [4.78, 5) is 10.1. The Morgan fingerprint density at radius 1 is 1.64 bits per heavy atom. The average molecular weight is 254 g/mol. The van der Waals surface area contributed by atoms with Crippen LogP contribution in [0.4, 0.5) is 0 Å². The summed E-state index contributed by atoms with van der Waals surface area (Å²) in [6, 6.07) is 7.02. The molecule has 1 aromatic rings. The Morgan fingerprint density at radius 3 is 2.86 bits per heavy atom. The van der Waals surface area contributed by atoms with Crippen LogP contribution in [-0.4, -0.2) is 13.4 Å². The van der Waals surface area contributed by atoms with Crippen LogP contribution in [0, 0.1) is 11.3 Å². The third-order valence-corrected chi connectivity index (χ3v) is 2.53. The fourth-order valence-electron chi connectivity index (χ4n) is 1.05. The van der Waals surface area contributed by atoms with Crippen molar-refractivity contribution in [3.8, 4) is 11.8 Å². The molecule has 1 unspecified atom stereocenters. The number of halogens is 1. The molecule has 0 heterocycles. The number of benzene rings is 1. The van der Waals surface area contributed by atoms with Gasteiger partial charge in [0.2, 0.25) is 0 Å². The normalized spacial score (nSPS) is 11.5. The number of ether oxygens (including phenoxy) is 1. The van der Waals surface area contributed by atoms with Crippen LogP contribution in [0.5, 0.6) is 5.75 Å². The maximum atomic E-state index is 10.5. The maximum absolute atomic E-state index is 10.5. The zero-order valence-corrected chi connectivity index (χ0v) is 9.11. The number of nitriles is 1. The van der Waals surface area contributed by atoms with Gasteiger partial charge in [-0.1, -0.05) is 22.0 Å². The van der Waals surface area contributed by atoms with Gasteiger partial charge >= 0.3 is 0 Å². The van der Waals surface area contributed by atoms with E-state index in [0.717, 1.165) is 11.8 Å². The monoisotopic (exact) mass is 253 g/mol. The molecule has 72 valence electrons. The molecule has 3 nitrogen and oxygen atoms in total. The van der Waals surface area contributed by atoms with Gasteiger partial charge in [0.05, 0.1) is 17.5 Å². The highest BCUT2D eigenvalue weighted by molar-refractivity contribution is 9.09. The van der Waals surface area contributed by atoms with E-state index in [1.54, 1.807) is 18.2 Å². The van der Waals surface area contributed by atoms with E-state index in [9.17, 15) is 4.79 Å². The molecule has 0 aromatic heterocycles. The van der Waals surface area contributed by atoms with Crippen molar-refractivity contribution >= 4 is 22.2 Å². The van der Waals surface area contributed by atoms with E-state index in [1.165, 1.54) is 7.11 Å². The predicted molar refractivity (Wildman–Crippen MR) is 55.4 cm³/mol. The first-order chi connectivity index (χ1) is 6.72. The molecule has 1 rings (SSSR count). The van der Waals surface area contributed by atoms with Crippen molar-refractivity contribution in [3.63, 3.8) is 0 Å². The number of alkyl halides is 1. The van der Waals surface area contributed by atoms with Crippen LogP contribution in [0.3, 0.4) is 0 Å². The Balaban J connectivity index is 3.15. The van der Waals surface area contributed by atoms with Gasteiger partial charge in [-0.05, 0) is 17.7 Å². The first-order valence-electron chi connectivity index (χ1n) is 3.90. The maximum Gasteiger partial charge on any atom is 0.138 e. The molecule has 0 aliphatic rings.